The highest BCUT2D eigenvalue weighted by Gasteiger charge is 2.33. The summed E-state index contributed by atoms with van der Waals surface area (Å²) in [5, 5.41) is 5.03. The van der Waals surface area contributed by atoms with E-state index in [-0.39, 0.29) is 18.2 Å². The van der Waals surface area contributed by atoms with Gasteiger partial charge in [0.05, 0.1) is 24.3 Å². The number of benzene rings is 3. The van der Waals surface area contributed by atoms with Gasteiger partial charge in [-0.3, -0.25) is 4.99 Å². The molecule has 0 bridgehead atoms. The SMILES string of the molecule is CCOc1ccc(C2=N[C@H](c3ccc(Cl)cc3)[C@H](c3ccc(Cl)cc3)N2)c(OC(C)C)c1. The molecule has 32 heavy (non-hydrogen) atoms. The first-order valence-corrected chi connectivity index (χ1v) is 11.5. The van der Waals surface area contributed by atoms with Crippen LogP contribution < -0.4 is 14.8 Å². The minimum absolute atomic E-state index is 0.0201. The van der Waals surface area contributed by atoms with E-state index in [1.807, 2.05) is 87.5 Å². The summed E-state index contributed by atoms with van der Waals surface area (Å²) < 4.78 is 11.8. The predicted molar refractivity (Wildman–Crippen MR) is 131 cm³/mol. The molecule has 2 atom stereocenters. The lowest BCUT2D eigenvalue weighted by molar-refractivity contribution is 0.240. The van der Waals surface area contributed by atoms with Crippen molar-refractivity contribution in [2.45, 2.75) is 39.0 Å². The standard InChI is InChI=1S/C26H26Cl2N2O2/c1-4-31-21-13-14-22(23(15-21)32-16(2)3)26-29-24(17-5-9-19(27)10-6-17)25(30-26)18-7-11-20(28)12-8-18/h5-16,24-25H,4H2,1-3H3,(H,29,30)/t24-,25+. The van der Waals surface area contributed by atoms with E-state index in [4.69, 9.17) is 37.7 Å². The first-order valence-electron chi connectivity index (χ1n) is 10.7. The Balaban J connectivity index is 1.76. The number of hydrogen-bond acceptors (Lipinski definition) is 4. The van der Waals surface area contributed by atoms with E-state index in [2.05, 4.69) is 5.32 Å². The second-order valence-electron chi connectivity index (χ2n) is 7.91. The molecular weight excluding hydrogens is 443 g/mol. The molecule has 0 unspecified atom stereocenters. The lowest BCUT2D eigenvalue weighted by Crippen LogP contribution is -2.26. The smallest absolute Gasteiger partial charge is 0.134 e. The lowest BCUT2D eigenvalue weighted by Gasteiger charge is -2.20. The zero-order valence-electron chi connectivity index (χ0n) is 18.3. The number of halogens is 2. The van der Waals surface area contributed by atoms with Gasteiger partial charge in [-0.05, 0) is 68.3 Å². The fourth-order valence-corrected chi connectivity index (χ4v) is 4.05. The molecule has 0 amide bonds. The zero-order chi connectivity index (χ0) is 22.7. The molecule has 1 aliphatic heterocycles. The van der Waals surface area contributed by atoms with Gasteiger partial charge in [-0.2, -0.15) is 0 Å². The van der Waals surface area contributed by atoms with Crippen molar-refractivity contribution in [1.82, 2.24) is 5.32 Å². The van der Waals surface area contributed by atoms with Gasteiger partial charge in [0.25, 0.3) is 0 Å². The van der Waals surface area contributed by atoms with Crippen LogP contribution in [0, 0.1) is 0 Å². The normalized spacial score (nSPS) is 17.8. The topological polar surface area (TPSA) is 42.8 Å². The van der Waals surface area contributed by atoms with Gasteiger partial charge >= 0.3 is 0 Å². The largest absolute Gasteiger partial charge is 0.494 e. The Morgan fingerprint density at radius 1 is 0.906 bits per heavy atom. The Hall–Kier alpha value is -2.69. The number of nitrogens with one attached hydrogen (secondary N) is 1. The van der Waals surface area contributed by atoms with Crippen molar-refractivity contribution >= 4 is 29.0 Å². The van der Waals surface area contributed by atoms with Crippen LogP contribution in [0.25, 0.3) is 0 Å². The van der Waals surface area contributed by atoms with Crippen molar-refractivity contribution < 1.29 is 9.47 Å². The summed E-state index contributed by atoms with van der Waals surface area (Å²) in [6.07, 6.45) is 0.0201. The molecular formula is C26H26Cl2N2O2. The maximum atomic E-state index is 6.13. The zero-order valence-corrected chi connectivity index (χ0v) is 19.8. The number of ether oxygens (including phenoxy) is 2. The molecule has 4 nitrogen and oxygen atoms in total. The maximum absolute atomic E-state index is 6.13. The van der Waals surface area contributed by atoms with Crippen LogP contribution in [0.2, 0.25) is 10.0 Å². The van der Waals surface area contributed by atoms with Crippen molar-refractivity contribution in [3.8, 4) is 11.5 Å². The van der Waals surface area contributed by atoms with Crippen LogP contribution in [0.5, 0.6) is 11.5 Å². The number of hydrogen-bond donors (Lipinski definition) is 1. The average Bonchev–Trinajstić information content (AvgIpc) is 3.20. The fraction of sp³-hybridized carbons (Fsp3) is 0.269. The maximum Gasteiger partial charge on any atom is 0.134 e. The first kappa shape index (κ1) is 22.5. The van der Waals surface area contributed by atoms with Gasteiger partial charge in [0.15, 0.2) is 0 Å². The summed E-state index contributed by atoms with van der Waals surface area (Å²) in [4.78, 5) is 5.09. The summed E-state index contributed by atoms with van der Waals surface area (Å²) in [5.41, 5.74) is 3.08. The molecule has 1 aliphatic rings. The van der Waals surface area contributed by atoms with Gasteiger partial charge in [0.1, 0.15) is 23.4 Å². The van der Waals surface area contributed by atoms with Crippen molar-refractivity contribution in [2.75, 3.05) is 6.61 Å². The van der Waals surface area contributed by atoms with Gasteiger partial charge in [-0.15, -0.1) is 0 Å². The third-order valence-corrected chi connectivity index (χ3v) is 5.70. The Kier molecular flexibility index (Phi) is 6.92. The molecule has 0 radical (unpaired) electrons. The van der Waals surface area contributed by atoms with Crippen molar-refractivity contribution in [3.05, 3.63) is 93.5 Å². The third kappa shape index (κ3) is 5.03. The van der Waals surface area contributed by atoms with Crippen molar-refractivity contribution in [1.29, 1.82) is 0 Å². The van der Waals surface area contributed by atoms with E-state index in [0.29, 0.717) is 16.7 Å². The van der Waals surface area contributed by atoms with E-state index >= 15 is 0 Å². The van der Waals surface area contributed by atoms with Gasteiger partial charge in [0.2, 0.25) is 0 Å². The number of amidine groups is 1. The van der Waals surface area contributed by atoms with E-state index in [1.54, 1.807) is 0 Å². The first-order chi connectivity index (χ1) is 15.4. The Morgan fingerprint density at radius 3 is 2.12 bits per heavy atom. The monoisotopic (exact) mass is 468 g/mol. The highest BCUT2D eigenvalue weighted by Crippen LogP contribution is 2.39. The third-order valence-electron chi connectivity index (χ3n) is 5.20. The van der Waals surface area contributed by atoms with Crippen LogP contribution in [0.1, 0.15) is 49.5 Å². The van der Waals surface area contributed by atoms with Crippen LogP contribution in [0.15, 0.2) is 71.7 Å². The van der Waals surface area contributed by atoms with E-state index < -0.39 is 0 Å². The van der Waals surface area contributed by atoms with E-state index in [0.717, 1.165) is 34.0 Å². The Bertz CT molecular complexity index is 1100. The molecule has 0 spiro atoms. The van der Waals surface area contributed by atoms with E-state index in [9.17, 15) is 0 Å². The molecule has 1 heterocycles. The van der Waals surface area contributed by atoms with E-state index in [1.165, 1.54) is 0 Å². The highest BCUT2D eigenvalue weighted by atomic mass is 35.5. The summed E-state index contributed by atoms with van der Waals surface area (Å²) in [5.74, 6) is 2.29. The predicted octanol–water partition coefficient (Wildman–Crippen LogP) is 7.01. The van der Waals surface area contributed by atoms with Crippen LogP contribution in [-0.4, -0.2) is 18.5 Å². The van der Waals surface area contributed by atoms with Gasteiger partial charge in [0, 0.05) is 16.1 Å². The molecule has 0 saturated heterocycles. The molecule has 0 saturated carbocycles. The minimum Gasteiger partial charge on any atom is -0.494 e. The number of aliphatic imine (C=N–C) groups is 1. The molecule has 3 aromatic rings. The fourth-order valence-electron chi connectivity index (χ4n) is 3.79. The molecule has 6 heteroatoms. The average molecular weight is 469 g/mol. The summed E-state index contributed by atoms with van der Waals surface area (Å²) in [7, 11) is 0. The lowest BCUT2D eigenvalue weighted by atomic mass is 9.95. The number of nitrogens with zero attached hydrogens (tertiary/aromatic N) is 1. The molecule has 1 N–H and O–H groups in total. The van der Waals surface area contributed by atoms with Gasteiger partial charge in [-0.25, -0.2) is 0 Å². The molecule has 0 aromatic heterocycles. The highest BCUT2D eigenvalue weighted by molar-refractivity contribution is 6.30. The molecule has 0 aliphatic carbocycles. The molecule has 3 aromatic carbocycles. The second kappa shape index (κ2) is 9.85. The minimum atomic E-state index is -0.123. The van der Waals surface area contributed by atoms with Crippen molar-refractivity contribution in [3.63, 3.8) is 0 Å². The van der Waals surface area contributed by atoms with Crippen molar-refractivity contribution in [2.24, 2.45) is 4.99 Å². The van der Waals surface area contributed by atoms with Gasteiger partial charge < -0.3 is 14.8 Å². The summed E-state index contributed by atoms with van der Waals surface area (Å²) >= 11 is 12.3. The Morgan fingerprint density at radius 2 is 1.53 bits per heavy atom. The molecule has 4 rings (SSSR count). The quantitative estimate of drug-likeness (QED) is 0.405. The Labute approximate surface area is 199 Å². The molecule has 166 valence electrons. The molecule has 0 fully saturated rings. The summed E-state index contributed by atoms with van der Waals surface area (Å²) in [6.45, 7) is 6.58. The second-order valence-corrected chi connectivity index (χ2v) is 8.78. The summed E-state index contributed by atoms with van der Waals surface area (Å²) in [6, 6.07) is 21.4. The van der Waals surface area contributed by atoms with Gasteiger partial charge in [-0.1, -0.05) is 47.5 Å². The number of rotatable bonds is 7. The van der Waals surface area contributed by atoms with Crippen LogP contribution >= 0.6 is 23.2 Å². The van der Waals surface area contributed by atoms with Crippen LogP contribution in [0.3, 0.4) is 0 Å². The van der Waals surface area contributed by atoms with Crippen LogP contribution in [-0.2, 0) is 0 Å². The van der Waals surface area contributed by atoms with Crippen LogP contribution in [0.4, 0.5) is 0 Å².